The Balaban J connectivity index is 2.68. The fraction of sp³-hybridized carbons (Fsp3) is 0.389. The van der Waals surface area contributed by atoms with Gasteiger partial charge in [0.1, 0.15) is 5.57 Å². The molecule has 0 fully saturated rings. The molecule has 1 heterocycles. The Kier molecular flexibility index (Phi) is 6.54. The fourth-order valence-corrected chi connectivity index (χ4v) is 3.62. The van der Waals surface area contributed by atoms with E-state index < -0.39 is 35.1 Å². The zero-order chi connectivity index (χ0) is 22.1. The van der Waals surface area contributed by atoms with Crippen LogP contribution in [0.5, 0.6) is 0 Å². The maximum Gasteiger partial charge on any atom is 0.425 e. The van der Waals surface area contributed by atoms with Gasteiger partial charge in [-0.05, 0) is 31.5 Å². The van der Waals surface area contributed by atoms with Gasteiger partial charge in [-0.3, -0.25) is 9.59 Å². The van der Waals surface area contributed by atoms with E-state index in [0.717, 1.165) is 18.1 Å². The Morgan fingerprint density at radius 1 is 1.28 bits per heavy atom. The topological polar surface area (TPSA) is 75.7 Å². The van der Waals surface area contributed by atoms with E-state index in [-0.39, 0.29) is 27.9 Å². The van der Waals surface area contributed by atoms with Crippen molar-refractivity contribution in [2.24, 2.45) is 0 Å². The standard InChI is InChI=1S/C18H17Cl2F3N2O4/c1-4-7-25-9(2)13(15(27)29-3)17(16(25)28,18(21,22)23)24-14(26)11-6-5-10(19)8-12(11)20/h5-6,8H,4,7H2,1-3H3,(H,24,26)/t17-/m1/s1. The Labute approximate surface area is 174 Å². The number of amides is 2. The van der Waals surface area contributed by atoms with Gasteiger partial charge in [-0.15, -0.1) is 0 Å². The summed E-state index contributed by atoms with van der Waals surface area (Å²) in [6.07, 6.45) is -5.02. The van der Waals surface area contributed by atoms with E-state index in [1.807, 2.05) is 0 Å². The lowest BCUT2D eigenvalue weighted by Gasteiger charge is -2.33. The number of ether oxygens (including phenoxy) is 1. The van der Waals surface area contributed by atoms with E-state index in [0.29, 0.717) is 6.42 Å². The number of nitrogens with zero attached hydrogens (tertiary/aromatic N) is 1. The molecule has 158 valence electrons. The summed E-state index contributed by atoms with van der Waals surface area (Å²) >= 11 is 11.7. The van der Waals surface area contributed by atoms with E-state index >= 15 is 0 Å². The number of hydrogen-bond donors (Lipinski definition) is 1. The van der Waals surface area contributed by atoms with Crippen LogP contribution in [-0.4, -0.2) is 48.1 Å². The van der Waals surface area contributed by atoms with Gasteiger partial charge in [0.2, 0.25) is 0 Å². The highest BCUT2D eigenvalue weighted by Gasteiger charge is 2.70. The predicted octanol–water partition coefficient (Wildman–Crippen LogP) is 3.72. The van der Waals surface area contributed by atoms with Crippen LogP contribution >= 0.6 is 23.2 Å². The first kappa shape index (κ1) is 23.0. The summed E-state index contributed by atoms with van der Waals surface area (Å²) in [4.78, 5) is 38.6. The van der Waals surface area contributed by atoms with E-state index in [4.69, 9.17) is 23.2 Å². The Morgan fingerprint density at radius 2 is 1.90 bits per heavy atom. The van der Waals surface area contributed by atoms with Gasteiger partial charge in [-0.1, -0.05) is 30.1 Å². The van der Waals surface area contributed by atoms with Crippen molar-refractivity contribution in [3.8, 4) is 0 Å². The molecule has 1 atom stereocenters. The Bertz CT molecular complexity index is 902. The van der Waals surface area contributed by atoms with Crippen LogP contribution in [-0.2, 0) is 14.3 Å². The molecule has 1 aliphatic heterocycles. The number of rotatable bonds is 5. The van der Waals surface area contributed by atoms with Crippen molar-refractivity contribution in [2.75, 3.05) is 13.7 Å². The lowest BCUT2D eigenvalue weighted by Crippen LogP contribution is -2.66. The average Bonchev–Trinajstić information content (AvgIpc) is 2.83. The minimum absolute atomic E-state index is 0.0828. The number of hydrogen-bond acceptors (Lipinski definition) is 4. The number of carbonyl (C=O) groups is 3. The van der Waals surface area contributed by atoms with Crippen molar-refractivity contribution in [1.82, 2.24) is 10.2 Å². The smallest absolute Gasteiger partial charge is 0.425 e. The SMILES string of the molecule is CCCN1C(=O)[C@@](NC(=O)c2ccc(Cl)cc2Cl)(C(F)(F)F)C(C(=O)OC)=C1C. The highest BCUT2D eigenvalue weighted by atomic mass is 35.5. The number of methoxy groups -OCH3 is 1. The summed E-state index contributed by atoms with van der Waals surface area (Å²) in [5.74, 6) is -4.18. The van der Waals surface area contributed by atoms with Crippen LogP contribution in [0, 0.1) is 0 Å². The molecular weight excluding hydrogens is 436 g/mol. The number of halogens is 5. The molecular formula is C18H17Cl2F3N2O4. The zero-order valence-electron chi connectivity index (χ0n) is 15.6. The average molecular weight is 453 g/mol. The number of esters is 1. The third-order valence-corrected chi connectivity index (χ3v) is 4.99. The normalized spacial score (nSPS) is 19.6. The number of benzene rings is 1. The van der Waals surface area contributed by atoms with Gasteiger partial charge in [0.05, 0.1) is 17.7 Å². The first-order chi connectivity index (χ1) is 13.4. The Hall–Kier alpha value is -2.26. The first-order valence-corrected chi connectivity index (χ1v) is 9.13. The van der Waals surface area contributed by atoms with E-state index in [2.05, 4.69) is 4.74 Å². The van der Waals surface area contributed by atoms with Crippen LogP contribution in [0.15, 0.2) is 29.5 Å². The maximum atomic E-state index is 14.3. The molecule has 2 rings (SSSR count). The monoisotopic (exact) mass is 452 g/mol. The molecule has 11 heteroatoms. The highest BCUT2D eigenvalue weighted by molar-refractivity contribution is 6.36. The maximum absolute atomic E-state index is 14.3. The predicted molar refractivity (Wildman–Crippen MR) is 99.4 cm³/mol. The summed E-state index contributed by atoms with van der Waals surface area (Å²) in [6.45, 7) is 2.76. The van der Waals surface area contributed by atoms with Crippen LogP contribution in [0.2, 0.25) is 10.0 Å². The summed E-state index contributed by atoms with van der Waals surface area (Å²) < 4.78 is 47.3. The molecule has 1 aromatic rings. The molecule has 1 N–H and O–H groups in total. The summed E-state index contributed by atoms with van der Waals surface area (Å²) in [7, 11) is 0.884. The van der Waals surface area contributed by atoms with Crippen LogP contribution in [0.1, 0.15) is 30.6 Å². The van der Waals surface area contributed by atoms with Gasteiger partial charge in [-0.2, -0.15) is 13.2 Å². The lowest BCUT2D eigenvalue weighted by molar-refractivity contribution is -0.192. The van der Waals surface area contributed by atoms with E-state index in [1.165, 1.54) is 19.1 Å². The number of allylic oxidation sites excluding steroid dienone is 1. The molecule has 0 unspecified atom stereocenters. The fourth-order valence-electron chi connectivity index (χ4n) is 3.12. The molecule has 0 radical (unpaired) electrons. The summed E-state index contributed by atoms with van der Waals surface area (Å²) in [5.41, 5.74) is -5.20. The van der Waals surface area contributed by atoms with Crippen LogP contribution in [0.4, 0.5) is 13.2 Å². The van der Waals surface area contributed by atoms with E-state index in [9.17, 15) is 27.6 Å². The molecule has 0 saturated carbocycles. The zero-order valence-corrected chi connectivity index (χ0v) is 17.1. The van der Waals surface area contributed by atoms with Crippen molar-refractivity contribution in [2.45, 2.75) is 32.0 Å². The second-order valence-electron chi connectivity index (χ2n) is 6.23. The minimum atomic E-state index is -5.34. The summed E-state index contributed by atoms with van der Waals surface area (Å²) in [5, 5.41) is 1.64. The first-order valence-electron chi connectivity index (χ1n) is 8.38. The number of nitrogens with one attached hydrogen (secondary N) is 1. The van der Waals surface area contributed by atoms with Gasteiger partial charge in [0.25, 0.3) is 17.4 Å². The second-order valence-corrected chi connectivity index (χ2v) is 7.08. The highest BCUT2D eigenvalue weighted by Crippen LogP contribution is 2.45. The lowest BCUT2D eigenvalue weighted by atomic mass is 9.88. The quantitative estimate of drug-likeness (QED) is 0.690. The molecule has 6 nitrogen and oxygen atoms in total. The molecule has 1 aromatic carbocycles. The largest absolute Gasteiger partial charge is 0.466 e. The van der Waals surface area contributed by atoms with Crippen molar-refractivity contribution >= 4 is 41.0 Å². The van der Waals surface area contributed by atoms with Gasteiger partial charge in [-0.25, -0.2) is 4.79 Å². The van der Waals surface area contributed by atoms with Gasteiger partial charge in [0, 0.05) is 17.3 Å². The van der Waals surface area contributed by atoms with Crippen LogP contribution < -0.4 is 5.32 Å². The van der Waals surface area contributed by atoms with Gasteiger partial charge >= 0.3 is 12.1 Å². The minimum Gasteiger partial charge on any atom is -0.466 e. The molecule has 2 amide bonds. The molecule has 0 aliphatic carbocycles. The van der Waals surface area contributed by atoms with E-state index in [1.54, 1.807) is 12.2 Å². The molecule has 0 saturated heterocycles. The van der Waals surface area contributed by atoms with Crippen LogP contribution in [0.25, 0.3) is 0 Å². The van der Waals surface area contributed by atoms with Crippen molar-refractivity contribution in [1.29, 1.82) is 0 Å². The molecule has 0 spiro atoms. The van der Waals surface area contributed by atoms with Crippen molar-refractivity contribution in [3.63, 3.8) is 0 Å². The van der Waals surface area contributed by atoms with Gasteiger partial charge in [0.15, 0.2) is 0 Å². The van der Waals surface area contributed by atoms with Crippen molar-refractivity contribution < 1.29 is 32.3 Å². The number of alkyl halides is 3. The second kappa shape index (κ2) is 8.23. The molecule has 1 aliphatic rings. The van der Waals surface area contributed by atoms with Crippen LogP contribution in [0.3, 0.4) is 0 Å². The third kappa shape index (κ3) is 3.81. The van der Waals surface area contributed by atoms with Gasteiger partial charge < -0.3 is 15.0 Å². The molecule has 0 aromatic heterocycles. The van der Waals surface area contributed by atoms with Crippen molar-refractivity contribution in [3.05, 3.63) is 45.1 Å². The Morgan fingerprint density at radius 3 is 2.38 bits per heavy atom. The number of carbonyl (C=O) groups excluding carboxylic acids is 3. The summed E-state index contributed by atoms with van der Waals surface area (Å²) in [6, 6.07) is 3.53. The molecule has 29 heavy (non-hydrogen) atoms. The third-order valence-electron chi connectivity index (χ3n) is 4.45. The molecule has 0 bridgehead atoms.